The van der Waals surface area contributed by atoms with Crippen molar-refractivity contribution >= 4 is 11.6 Å². The number of hydrogen-bond acceptors (Lipinski definition) is 2. The number of phenols is 1. The smallest absolute Gasteiger partial charge is 0.224 e. The van der Waals surface area contributed by atoms with E-state index in [-0.39, 0.29) is 11.7 Å². The molecule has 1 aromatic rings. The highest BCUT2D eigenvalue weighted by atomic mass is 16.3. The summed E-state index contributed by atoms with van der Waals surface area (Å²) in [6.07, 6.45) is 11.7. The number of aryl methyl sites for hydroxylation is 1. The zero-order chi connectivity index (χ0) is 16.2. The van der Waals surface area contributed by atoms with Crippen LogP contribution in [0.4, 0.5) is 5.69 Å². The van der Waals surface area contributed by atoms with Gasteiger partial charge in [0.25, 0.3) is 0 Å². The maximum atomic E-state index is 11.9. The van der Waals surface area contributed by atoms with Crippen LogP contribution in [-0.4, -0.2) is 11.0 Å². The molecule has 3 heteroatoms. The number of benzene rings is 1. The first kappa shape index (κ1) is 18.5. The first-order valence-corrected chi connectivity index (χ1v) is 8.73. The van der Waals surface area contributed by atoms with Crippen molar-refractivity contribution in [1.29, 1.82) is 0 Å². The molecule has 0 fully saturated rings. The van der Waals surface area contributed by atoms with E-state index in [1.165, 1.54) is 44.9 Å². The SMILES string of the molecule is CCCCCCCCCCCC(=O)Nc1cc(C)ccc1O. The number of carbonyl (C=O) groups is 1. The summed E-state index contributed by atoms with van der Waals surface area (Å²) in [4.78, 5) is 11.9. The van der Waals surface area contributed by atoms with Crippen molar-refractivity contribution in [3.05, 3.63) is 23.8 Å². The van der Waals surface area contributed by atoms with Gasteiger partial charge < -0.3 is 10.4 Å². The molecule has 0 bridgehead atoms. The zero-order valence-corrected chi connectivity index (χ0v) is 14.2. The third kappa shape index (κ3) is 8.06. The number of unbranched alkanes of at least 4 members (excludes halogenated alkanes) is 8. The monoisotopic (exact) mass is 305 g/mol. The number of rotatable bonds is 11. The van der Waals surface area contributed by atoms with Crippen molar-refractivity contribution in [2.75, 3.05) is 5.32 Å². The molecule has 0 atom stereocenters. The van der Waals surface area contributed by atoms with Crippen LogP contribution in [0.25, 0.3) is 0 Å². The van der Waals surface area contributed by atoms with Crippen LogP contribution in [0.2, 0.25) is 0 Å². The topological polar surface area (TPSA) is 49.3 Å². The Hall–Kier alpha value is -1.51. The second kappa shape index (κ2) is 11.1. The lowest BCUT2D eigenvalue weighted by Gasteiger charge is -2.08. The van der Waals surface area contributed by atoms with E-state index in [0.29, 0.717) is 12.1 Å². The van der Waals surface area contributed by atoms with E-state index < -0.39 is 0 Å². The lowest BCUT2D eigenvalue weighted by atomic mass is 10.1. The molecule has 0 aliphatic rings. The quantitative estimate of drug-likeness (QED) is 0.415. The van der Waals surface area contributed by atoms with Crippen molar-refractivity contribution in [3.8, 4) is 5.75 Å². The number of aromatic hydroxyl groups is 1. The molecule has 0 radical (unpaired) electrons. The van der Waals surface area contributed by atoms with Crippen LogP contribution in [0.5, 0.6) is 5.75 Å². The predicted molar refractivity (Wildman–Crippen MR) is 93.3 cm³/mol. The van der Waals surface area contributed by atoms with Gasteiger partial charge in [-0.25, -0.2) is 0 Å². The first-order valence-electron chi connectivity index (χ1n) is 8.73. The van der Waals surface area contributed by atoms with Crippen molar-refractivity contribution in [2.24, 2.45) is 0 Å². The average Bonchev–Trinajstić information content (AvgIpc) is 2.49. The van der Waals surface area contributed by atoms with Gasteiger partial charge in [0.1, 0.15) is 5.75 Å². The van der Waals surface area contributed by atoms with E-state index in [9.17, 15) is 9.90 Å². The summed E-state index contributed by atoms with van der Waals surface area (Å²) in [5.41, 5.74) is 1.54. The van der Waals surface area contributed by atoms with E-state index in [1.807, 2.05) is 13.0 Å². The van der Waals surface area contributed by atoms with Gasteiger partial charge in [0.05, 0.1) is 5.69 Å². The fraction of sp³-hybridized carbons (Fsp3) is 0.632. The molecular weight excluding hydrogens is 274 g/mol. The molecule has 0 saturated carbocycles. The Labute approximate surface area is 135 Å². The second-order valence-corrected chi connectivity index (χ2v) is 6.15. The molecule has 0 unspecified atom stereocenters. The van der Waals surface area contributed by atoms with Crippen molar-refractivity contribution < 1.29 is 9.90 Å². The third-order valence-electron chi connectivity index (χ3n) is 3.93. The highest BCUT2D eigenvalue weighted by Crippen LogP contribution is 2.24. The molecule has 1 rings (SSSR count). The van der Waals surface area contributed by atoms with Gasteiger partial charge in [-0.1, -0.05) is 64.4 Å². The average molecular weight is 305 g/mol. The minimum atomic E-state index is -0.0103. The Balaban J connectivity index is 2.07. The maximum Gasteiger partial charge on any atom is 0.224 e. The van der Waals surface area contributed by atoms with E-state index in [1.54, 1.807) is 12.1 Å². The second-order valence-electron chi connectivity index (χ2n) is 6.15. The number of hydrogen-bond donors (Lipinski definition) is 2. The molecule has 2 N–H and O–H groups in total. The van der Waals surface area contributed by atoms with Gasteiger partial charge in [-0.05, 0) is 31.0 Å². The fourth-order valence-corrected chi connectivity index (χ4v) is 2.56. The number of phenolic OH excluding ortho intramolecular Hbond substituents is 1. The summed E-state index contributed by atoms with van der Waals surface area (Å²) >= 11 is 0. The van der Waals surface area contributed by atoms with Gasteiger partial charge in [0.15, 0.2) is 0 Å². The summed E-state index contributed by atoms with van der Waals surface area (Å²) in [6.45, 7) is 4.18. The fourth-order valence-electron chi connectivity index (χ4n) is 2.56. The molecule has 1 amide bonds. The summed E-state index contributed by atoms with van der Waals surface area (Å²) in [5, 5.41) is 12.5. The van der Waals surface area contributed by atoms with Gasteiger partial charge >= 0.3 is 0 Å². The molecule has 3 nitrogen and oxygen atoms in total. The summed E-state index contributed by atoms with van der Waals surface area (Å²) in [5.74, 6) is 0.120. The first-order chi connectivity index (χ1) is 10.6. The zero-order valence-electron chi connectivity index (χ0n) is 14.2. The molecule has 0 aliphatic heterocycles. The molecular formula is C19H31NO2. The normalized spacial score (nSPS) is 10.6. The molecule has 22 heavy (non-hydrogen) atoms. The maximum absolute atomic E-state index is 11.9. The van der Waals surface area contributed by atoms with Crippen LogP contribution < -0.4 is 5.32 Å². The van der Waals surface area contributed by atoms with Crippen LogP contribution in [0.3, 0.4) is 0 Å². The highest BCUT2D eigenvalue weighted by Gasteiger charge is 2.06. The van der Waals surface area contributed by atoms with Crippen LogP contribution in [-0.2, 0) is 4.79 Å². The van der Waals surface area contributed by atoms with E-state index in [4.69, 9.17) is 0 Å². The van der Waals surface area contributed by atoms with E-state index >= 15 is 0 Å². The van der Waals surface area contributed by atoms with Gasteiger partial charge in [0, 0.05) is 6.42 Å². The molecule has 124 valence electrons. The lowest BCUT2D eigenvalue weighted by molar-refractivity contribution is -0.116. The van der Waals surface area contributed by atoms with Crippen LogP contribution in [0, 0.1) is 6.92 Å². The van der Waals surface area contributed by atoms with Crippen molar-refractivity contribution in [3.63, 3.8) is 0 Å². The minimum Gasteiger partial charge on any atom is -0.506 e. The standard InChI is InChI=1S/C19H31NO2/c1-3-4-5-6-7-8-9-10-11-12-19(22)20-17-15-16(2)13-14-18(17)21/h13-15,21H,3-12H2,1-2H3,(H,20,22). The van der Waals surface area contributed by atoms with E-state index in [2.05, 4.69) is 12.2 Å². The van der Waals surface area contributed by atoms with Crippen molar-refractivity contribution in [2.45, 2.75) is 78.1 Å². The highest BCUT2D eigenvalue weighted by molar-refractivity contribution is 5.92. The summed E-state index contributed by atoms with van der Waals surface area (Å²) in [7, 11) is 0. The van der Waals surface area contributed by atoms with Gasteiger partial charge in [-0.15, -0.1) is 0 Å². The molecule has 0 heterocycles. The van der Waals surface area contributed by atoms with Crippen LogP contribution >= 0.6 is 0 Å². The summed E-state index contributed by atoms with van der Waals surface area (Å²) in [6, 6.07) is 5.23. The Morgan fingerprint density at radius 2 is 1.59 bits per heavy atom. The van der Waals surface area contributed by atoms with E-state index in [0.717, 1.165) is 18.4 Å². The number of anilines is 1. The number of nitrogens with one attached hydrogen (secondary N) is 1. The van der Waals surface area contributed by atoms with Crippen LogP contribution in [0.1, 0.15) is 76.7 Å². The number of amides is 1. The summed E-state index contributed by atoms with van der Waals surface area (Å²) < 4.78 is 0. The lowest BCUT2D eigenvalue weighted by Crippen LogP contribution is -2.11. The molecule has 1 aromatic carbocycles. The molecule has 0 spiro atoms. The van der Waals surface area contributed by atoms with Crippen molar-refractivity contribution in [1.82, 2.24) is 0 Å². The minimum absolute atomic E-state index is 0.0103. The van der Waals surface area contributed by atoms with Gasteiger partial charge in [-0.3, -0.25) is 4.79 Å². The Morgan fingerprint density at radius 1 is 1.00 bits per heavy atom. The number of carbonyl (C=O) groups excluding carboxylic acids is 1. The van der Waals surface area contributed by atoms with Gasteiger partial charge in [-0.2, -0.15) is 0 Å². The predicted octanol–water partition coefficient (Wildman–Crippen LogP) is 5.56. The Bertz CT molecular complexity index is 443. The Morgan fingerprint density at radius 3 is 2.23 bits per heavy atom. The Kier molecular flexibility index (Phi) is 9.36. The largest absolute Gasteiger partial charge is 0.506 e. The van der Waals surface area contributed by atoms with Gasteiger partial charge in [0.2, 0.25) is 5.91 Å². The van der Waals surface area contributed by atoms with Crippen LogP contribution in [0.15, 0.2) is 18.2 Å². The molecule has 0 aromatic heterocycles. The molecule has 0 aliphatic carbocycles. The molecule has 0 saturated heterocycles. The third-order valence-corrected chi connectivity index (χ3v) is 3.93.